The highest BCUT2D eigenvalue weighted by molar-refractivity contribution is 7.80. The number of nitrogens with one attached hydrogen (secondary N) is 3. The second-order valence-electron chi connectivity index (χ2n) is 5.45. The third kappa shape index (κ3) is 3.23. The van der Waals surface area contributed by atoms with Crippen molar-refractivity contribution in [2.75, 3.05) is 5.32 Å². The summed E-state index contributed by atoms with van der Waals surface area (Å²) in [5.41, 5.74) is 2.43. The molecule has 1 unspecified atom stereocenters. The number of phenolic OH excluding ortho intramolecular Hbond substituents is 1. The number of benzene rings is 2. The van der Waals surface area contributed by atoms with Crippen molar-refractivity contribution < 1.29 is 9.90 Å². The van der Waals surface area contributed by atoms with Crippen LogP contribution in [0.1, 0.15) is 18.5 Å². The number of carbonyl (C=O) groups excluding carboxylic acids is 1. The fourth-order valence-corrected chi connectivity index (χ4v) is 2.95. The van der Waals surface area contributed by atoms with Gasteiger partial charge in [-0.1, -0.05) is 36.4 Å². The van der Waals surface area contributed by atoms with Crippen molar-refractivity contribution in [2.24, 2.45) is 0 Å². The third-order valence-electron chi connectivity index (χ3n) is 3.79. The van der Waals surface area contributed by atoms with Crippen LogP contribution in [0.2, 0.25) is 0 Å². The van der Waals surface area contributed by atoms with Gasteiger partial charge in [-0.05, 0) is 37.3 Å². The summed E-state index contributed by atoms with van der Waals surface area (Å²) < 4.78 is 0. The summed E-state index contributed by atoms with van der Waals surface area (Å²) in [6.45, 7) is 1.79. The maximum absolute atomic E-state index is 12.8. The summed E-state index contributed by atoms with van der Waals surface area (Å²) in [6.07, 6.45) is 0. The van der Waals surface area contributed by atoms with Gasteiger partial charge in [0.15, 0.2) is 5.11 Å². The van der Waals surface area contributed by atoms with Gasteiger partial charge in [0.25, 0.3) is 5.91 Å². The Balaban J connectivity index is 1.98. The Labute approximate surface area is 145 Å². The first-order chi connectivity index (χ1) is 11.6. The number of hydrogen-bond acceptors (Lipinski definition) is 3. The molecule has 4 N–H and O–H groups in total. The van der Waals surface area contributed by atoms with Crippen molar-refractivity contribution in [3.8, 4) is 5.75 Å². The summed E-state index contributed by atoms with van der Waals surface area (Å²) in [4.78, 5) is 12.8. The number of anilines is 1. The number of thiocarbonyl (C=S) groups is 1. The van der Waals surface area contributed by atoms with E-state index in [1.807, 2.05) is 36.4 Å². The minimum absolute atomic E-state index is 0.109. The van der Waals surface area contributed by atoms with E-state index in [0.717, 1.165) is 0 Å². The molecule has 0 aliphatic carbocycles. The summed E-state index contributed by atoms with van der Waals surface area (Å²) in [5, 5.41) is 19.5. The molecule has 0 spiro atoms. The molecule has 5 nitrogen and oxygen atoms in total. The second kappa shape index (κ2) is 6.72. The molecule has 1 amide bonds. The van der Waals surface area contributed by atoms with Crippen LogP contribution < -0.4 is 16.0 Å². The Morgan fingerprint density at radius 1 is 1.12 bits per heavy atom. The van der Waals surface area contributed by atoms with Gasteiger partial charge in [0.1, 0.15) is 5.75 Å². The standard InChI is InChI=1S/C18H17N3O2S/c1-11-15(17(23)20-12-7-3-2-4-8-12)16(21-18(24)19-11)13-9-5-6-10-14(13)22/h2-10,16,22H,1H3,(H,20,23)(H2,19,21,24). The highest BCUT2D eigenvalue weighted by Crippen LogP contribution is 2.32. The summed E-state index contributed by atoms with van der Waals surface area (Å²) >= 11 is 5.20. The first-order valence-corrected chi connectivity index (χ1v) is 7.89. The van der Waals surface area contributed by atoms with Gasteiger partial charge in [-0.3, -0.25) is 4.79 Å². The second-order valence-corrected chi connectivity index (χ2v) is 5.86. The lowest BCUT2D eigenvalue weighted by atomic mass is 9.94. The van der Waals surface area contributed by atoms with Gasteiger partial charge in [0.05, 0.1) is 11.6 Å². The molecule has 3 rings (SSSR count). The van der Waals surface area contributed by atoms with E-state index < -0.39 is 6.04 Å². The fraction of sp³-hybridized carbons (Fsp3) is 0.111. The number of carbonyl (C=O) groups is 1. The van der Waals surface area contributed by atoms with E-state index in [-0.39, 0.29) is 11.7 Å². The SMILES string of the molecule is CC1=C(C(=O)Nc2ccccc2)C(c2ccccc2O)NC(=S)N1. The van der Waals surface area contributed by atoms with Crippen LogP contribution in [0, 0.1) is 0 Å². The molecule has 1 heterocycles. The maximum atomic E-state index is 12.8. The molecule has 1 atom stereocenters. The molecular weight excluding hydrogens is 322 g/mol. The molecule has 1 aliphatic heterocycles. The number of amides is 1. The number of phenols is 1. The minimum Gasteiger partial charge on any atom is -0.508 e. The first kappa shape index (κ1) is 16.0. The molecule has 6 heteroatoms. The topological polar surface area (TPSA) is 73.4 Å². The van der Waals surface area contributed by atoms with Crippen molar-refractivity contribution in [1.29, 1.82) is 0 Å². The van der Waals surface area contributed by atoms with Gasteiger partial charge in [0.2, 0.25) is 0 Å². The lowest BCUT2D eigenvalue weighted by Crippen LogP contribution is -2.45. The highest BCUT2D eigenvalue weighted by atomic mass is 32.1. The van der Waals surface area contributed by atoms with Crippen LogP contribution in [0.5, 0.6) is 5.75 Å². The van der Waals surface area contributed by atoms with E-state index in [0.29, 0.717) is 27.6 Å². The average molecular weight is 339 g/mol. The van der Waals surface area contributed by atoms with E-state index >= 15 is 0 Å². The zero-order chi connectivity index (χ0) is 17.1. The molecule has 0 fully saturated rings. The van der Waals surface area contributed by atoms with E-state index in [2.05, 4.69) is 16.0 Å². The van der Waals surface area contributed by atoms with Gasteiger partial charge in [-0.15, -0.1) is 0 Å². The minimum atomic E-state index is -0.524. The lowest BCUT2D eigenvalue weighted by molar-refractivity contribution is -0.113. The molecule has 0 saturated carbocycles. The Kier molecular flexibility index (Phi) is 4.48. The van der Waals surface area contributed by atoms with Crippen LogP contribution >= 0.6 is 12.2 Å². The first-order valence-electron chi connectivity index (χ1n) is 7.49. The maximum Gasteiger partial charge on any atom is 0.255 e. The van der Waals surface area contributed by atoms with Crippen LogP contribution in [0.3, 0.4) is 0 Å². The van der Waals surface area contributed by atoms with Crippen LogP contribution in [0.25, 0.3) is 0 Å². The Morgan fingerprint density at radius 2 is 1.79 bits per heavy atom. The number of hydrogen-bond donors (Lipinski definition) is 4. The fourth-order valence-electron chi connectivity index (χ4n) is 2.68. The van der Waals surface area contributed by atoms with Crippen LogP contribution in [-0.4, -0.2) is 16.1 Å². The third-order valence-corrected chi connectivity index (χ3v) is 4.01. The van der Waals surface area contributed by atoms with Gasteiger partial charge in [-0.2, -0.15) is 0 Å². The van der Waals surface area contributed by atoms with Gasteiger partial charge >= 0.3 is 0 Å². The van der Waals surface area contributed by atoms with Crippen molar-refractivity contribution >= 4 is 28.9 Å². The van der Waals surface area contributed by atoms with Gasteiger partial charge in [-0.25, -0.2) is 0 Å². The lowest BCUT2D eigenvalue weighted by Gasteiger charge is -2.30. The number of rotatable bonds is 3. The van der Waals surface area contributed by atoms with Crippen LogP contribution in [0.15, 0.2) is 65.9 Å². The summed E-state index contributed by atoms with van der Waals surface area (Å²) in [5.74, 6) is -0.146. The zero-order valence-electron chi connectivity index (χ0n) is 13.0. The van der Waals surface area contributed by atoms with E-state index in [1.165, 1.54) is 0 Å². The predicted molar refractivity (Wildman–Crippen MR) is 97.5 cm³/mol. The normalized spacial score (nSPS) is 17.0. The van der Waals surface area contributed by atoms with Gasteiger partial charge in [0, 0.05) is 16.9 Å². The molecule has 1 aliphatic rings. The van der Waals surface area contributed by atoms with E-state index in [1.54, 1.807) is 25.1 Å². The van der Waals surface area contributed by atoms with Crippen LogP contribution in [0.4, 0.5) is 5.69 Å². The Hall–Kier alpha value is -2.86. The highest BCUT2D eigenvalue weighted by Gasteiger charge is 2.31. The van der Waals surface area contributed by atoms with Gasteiger partial charge < -0.3 is 21.1 Å². The van der Waals surface area contributed by atoms with Crippen molar-refractivity contribution in [3.05, 3.63) is 71.4 Å². The average Bonchev–Trinajstić information content (AvgIpc) is 2.55. The summed E-state index contributed by atoms with van der Waals surface area (Å²) in [6, 6.07) is 15.6. The zero-order valence-corrected chi connectivity index (χ0v) is 13.9. The Morgan fingerprint density at radius 3 is 2.50 bits per heavy atom. The monoisotopic (exact) mass is 339 g/mol. The van der Waals surface area contributed by atoms with Crippen molar-refractivity contribution in [2.45, 2.75) is 13.0 Å². The molecule has 2 aromatic carbocycles. The molecular formula is C18H17N3O2S. The molecule has 0 saturated heterocycles. The molecule has 24 heavy (non-hydrogen) atoms. The van der Waals surface area contributed by atoms with E-state index in [4.69, 9.17) is 12.2 Å². The molecule has 0 aromatic heterocycles. The number of allylic oxidation sites excluding steroid dienone is 1. The van der Waals surface area contributed by atoms with Crippen molar-refractivity contribution in [1.82, 2.24) is 10.6 Å². The Bertz CT molecular complexity index is 818. The number of aromatic hydroxyl groups is 1. The quantitative estimate of drug-likeness (QED) is 0.647. The number of para-hydroxylation sites is 2. The van der Waals surface area contributed by atoms with E-state index in [9.17, 15) is 9.90 Å². The van der Waals surface area contributed by atoms with Crippen molar-refractivity contribution in [3.63, 3.8) is 0 Å². The van der Waals surface area contributed by atoms with Crippen LogP contribution in [-0.2, 0) is 4.79 Å². The molecule has 122 valence electrons. The molecule has 0 radical (unpaired) electrons. The largest absolute Gasteiger partial charge is 0.508 e. The predicted octanol–water partition coefficient (Wildman–Crippen LogP) is 2.82. The summed E-state index contributed by atoms with van der Waals surface area (Å²) in [7, 11) is 0. The molecule has 2 aromatic rings. The smallest absolute Gasteiger partial charge is 0.255 e. The molecule has 0 bridgehead atoms.